The van der Waals surface area contributed by atoms with Gasteiger partial charge in [0, 0.05) is 0 Å². The van der Waals surface area contributed by atoms with E-state index in [-0.39, 0.29) is 21.7 Å². The molecule has 0 saturated heterocycles. The molecular weight excluding hydrogens is 745 g/mol. The lowest BCUT2D eigenvalue weighted by Crippen LogP contribution is -2.11. The second-order valence-electron chi connectivity index (χ2n) is 22.6. The molecule has 306 valence electrons. The van der Waals surface area contributed by atoms with E-state index in [1.165, 1.54) is 130 Å². The SMILES string of the molecule is CC(C)(C)c1ccc2c3ccc(C(C)(C)C)cc3c3c4cc5c6ccccc6c6c7cc(C(C)(C)C)ccc7c7ccc(C(C)(C)C)cc7c6c5cc4c4ccccc4c3c2c1. The van der Waals surface area contributed by atoms with E-state index in [9.17, 15) is 0 Å². The number of hydrogen-bond donors (Lipinski definition) is 0. The highest BCUT2D eigenvalue weighted by molar-refractivity contribution is 6.44. The predicted molar refractivity (Wildman–Crippen MR) is 276 cm³/mol. The lowest BCUT2D eigenvalue weighted by atomic mass is 9.79. The minimum atomic E-state index is 0.00260. The molecule has 11 aromatic carbocycles. The van der Waals surface area contributed by atoms with Crippen molar-refractivity contribution in [2.24, 2.45) is 0 Å². The van der Waals surface area contributed by atoms with Gasteiger partial charge < -0.3 is 0 Å². The van der Waals surface area contributed by atoms with Gasteiger partial charge in [-0.05, 0) is 188 Å². The zero-order valence-corrected chi connectivity index (χ0v) is 38.7. The molecule has 0 fully saturated rings. The first kappa shape index (κ1) is 38.9. The van der Waals surface area contributed by atoms with E-state index in [2.05, 4.69) is 217 Å². The zero-order chi connectivity index (χ0) is 43.4. The van der Waals surface area contributed by atoms with Crippen molar-refractivity contribution in [2.75, 3.05) is 0 Å². The van der Waals surface area contributed by atoms with E-state index in [0.717, 1.165) is 0 Å². The van der Waals surface area contributed by atoms with Crippen molar-refractivity contribution in [3.8, 4) is 0 Å². The van der Waals surface area contributed by atoms with Crippen molar-refractivity contribution in [1.82, 2.24) is 0 Å². The average Bonchev–Trinajstić information content (AvgIpc) is 3.23. The second kappa shape index (κ2) is 12.8. The van der Waals surface area contributed by atoms with Gasteiger partial charge in [0.1, 0.15) is 0 Å². The molecule has 11 aromatic rings. The van der Waals surface area contributed by atoms with Crippen LogP contribution in [0.2, 0.25) is 0 Å². The Morgan fingerprint density at radius 1 is 0.194 bits per heavy atom. The van der Waals surface area contributed by atoms with Gasteiger partial charge in [0.05, 0.1) is 0 Å². The Balaban J connectivity index is 1.46. The number of benzene rings is 11. The third-order valence-electron chi connectivity index (χ3n) is 14.4. The molecule has 0 N–H and O–H groups in total. The number of rotatable bonds is 0. The second-order valence-corrected chi connectivity index (χ2v) is 22.6. The Morgan fingerprint density at radius 2 is 0.403 bits per heavy atom. The molecule has 0 radical (unpaired) electrons. The average molecular weight is 803 g/mol. The first-order chi connectivity index (χ1) is 29.3. The maximum atomic E-state index is 2.60. The molecule has 0 bridgehead atoms. The van der Waals surface area contributed by atoms with Gasteiger partial charge in [0.25, 0.3) is 0 Å². The third-order valence-corrected chi connectivity index (χ3v) is 14.4. The summed E-state index contributed by atoms with van der Waals surface area (Å²) in [6.45, 7) is 28.1. The van der Waals surface area contributed by atoms with Gasteiger partial charge in [-0.15, -0.1) is 0 Å². The molecule has 0 aliphatic carbocycles. The molecule has 0 atom stereocenters. The molecule has 0 aliphatic heterocycles. The van der Waals surface area contributed by atoms with Crippen LogP contribution in [0.3, 0.4) is 0 Å². The monoisotopic (exact) mass is 802 g/mol. The molecule has 0 nitrogen and oxygen atoms in total. The van der Waals surface area contributed by atoms with Crippen LogP contribution in [-0.2, 0) is 21.7 Å². The van der Waals surface area contributed by atoms with Crippen LogP contribution in [0.1, 0.15) is 105 Å². The summed E-state index contributed by atoms with van der Waals surface area (Å²) < 4.78 is 0. The summed E-state index contributed by atoms with van der Waals surface area (Å²) in [7, 11) is 0. The van der Waals surface area contributed by atoms with Gasteiger partial charge >= 0.3 is 0 Å². The molecule has 11 rings (SSSR count). The largest absolute Gasteiger partial charge is 0.0616 e. The normalized spacial score (nSPS) is 13.5. The fourth-order valence-electron chi connectivity index (χ4n) is 10.8. The molecule has 62 heavy (non-hydrogen) atoms. The molecule has 0 aromatic heterocycles. The molecule has 0 heteroatoms. The summed E-state index contributed by atoms with van der Waals surface area (Å²) >= 11 is 0. The molecule has 0 amide bonds. The summed E-state index contributed by atoms with van der Waals surface area (Å²) in [5.74, 6) is 0. The van der Waals surface area contributed by atoms with Crippen LogP contribution in [0.25, 0.3) is 108 Å². The standard InChI is InChI=1S/C62H58/c1-59(2,3)35-21-25-41-43-27-23-37(61(7,8)9)31-51(43)57-53-33-48-40-18-14-16-20-46(40)56-50-30-36(60(4,5)6)22-26-42(50)44-28-24-38(62(10,11)12)32-52(44)58(56)54(48)34-47(53)39-17-13-15-19-45(39)55(57)49(41)29-35/h13-34H,1-12H3. The van der Waals surface area contributed by atoms with Crippen LogP contribution in [0.15, 0.2) is 133 Å². The van der Waals surface area contributed by atoms with E-state index >= 15 is 0 Å². The minimum absolute atomic E-state index is 0.00260. The summed E-state index contributed by atoms with van der Waals surface area (Å²) in [6, 6.07) is 52.8. The first-order valence-electron chi connectivity index (χ1n) is 22.8. The molecule has 0 unspecified atom stereocenters. The summed E-state index contributed by atoms with van der Waals surface area (Å²) in [4.78, 5) is 0. The van der Waals surface area contributed by atoms with Gasteiger partial charge in [-0.1, -0.05) is 180 Å². The lowest BCUT2D eigenvalue weighted by molar-refractivity contribution is 0.591. The molecular formula is C62H58. The van der Waals surface area contributed by atoms with Crippen molar-refractivity contribution >= 4 is 108 Å². The van der Waals surface area contributed by atoms with Crippen molar-refractivity contribution in [2.45, 2.75) is 105 Å². The van der Waals surface area contributed by atoms with Crippen molar-refractivity contribution in [3.05, 3.63) is 156 Å². The highest BCUT2D eigenvalue weighted by Crippen LogP contribution is 2.50. The number of hydrogen-bond acceptors (Lipinski definition) is 0. The quantitative estimate of drug-likeness (QED) is 0.106. The molecule has 0 spiro atoms. The zero-order valence-electron chi connectivity index (χ0n) is 38.7. The van der Waals surface area contributed by atoms with E-state index in [0.29, 0.717) is 0 Å². The van der Waals surface area contributed by atoms with E-state index in [4.69, 9.17) is 0 Å². The smallest absolute Gasteiger partial charge is 0.00136 e. The minimum Gasteiger partial charge on any atom is -0.0616 e. The van der Waals surface area contributed by atoms with E-state index < -0.39 is 0 Å². The summed E-state index contributed by atoms with van der Waals surface area (Å²) in [5, 5.41) is 26.6. The van der Waals surface area contributed by atoms with Crippen molar-refractivity contribution in [1.29, 1.82) is 0 Å². The highest BCUT2D eigenvalue weighted by Gasteiger charge is 2.25. The lowest BCUT2D eigenvalue weighted by Gasteiger charge is -2.25. The Labute approximate surface area is 366 Å². The maximum Gasteiger partial charge on any atom is -0.00136 e. The number of fused-ring (bicyclic) bond motifs is 22. The van der Waals surface area contributed by atoms with Gasteiger partial charge in [0.2, 0.25) is 0 Å². The Bertz CT molecular complexity index is 3500. The van der Waals surface area contributed by atoms with Gasteiger partial charge in [-0.2, -0.15) is 0 Å². The first-order valence-corrected chi connectivity index (χ1v) is 22.8. The Hall–Kier alpha value is -5.98. The predicted octanol–water partition coefficient (Wildman–Crippen LogP) is 18.4. The van der Waals surface area contributed by atoms with Crippen LogP contribution in [-0.4, -0.2) is 0 Å². The van der Waals surface area contributed by atoms with Crippen LogP contribution in [0.4, 0.5) is 0 Å². The van der Waals surface area contributed by atoms with Crippen LogP contribution in [0.5, 0.6) is 0 Å². The van der Waals surface area contributed by atoms with Crippen molar-refractivity contribution < 1.29 is 0 Å². The summed E-state index contributed by atoms with van der Waals surface area (Å²) in [6.07, 6.45) is 0. The summed E-state index contributed by atoms with van der Waals surface area (Å²) in [5.41, 5.74) is 5.48. The fraction of sp³-hybridized carbons (Fsp3) is 0.258. The molecule has 0 saturated carbocycles. The van der Waals surface area contributed by atoms with Gasteiger partial charge in [-0.3, -0.25) is 0 Å². The van der Waals surface area contributed by atoms with E-state index in [1.807, 2.05) is 0 Å². The van der Waals surface area contributed by atoms with E-state index in [1.54, 1.807) is 0 Å². The fourth-order valence-corrected chi connectivity index (χ4v) is 10.8. The third kappa shape index (κ3) is 5.64. The van der Waals surface area contributed by atoms with Crippen LogP contribution < -0.4 is 0 Å². The van der Waals surface area contributed by atoms with Crippen LogP contribution in [0, 0.1) is 0 Å². The van der Waals surface area contributed by atoms with Gasteiger partial charge in [0.15, 0.2) is 0 Å². The van der Waals surface area contributed by atoms with Crippen LogP contribution >= 0.6 is 0 Å². The highest BCUT2D eigenvalue weighted by atomic mass is 14.3. The van der Waals surface area contributed by atoms with Crippen molar-refractivity contribution in [3.63, 3.8) is 0 Å². The van der Waals surface area contributed by atoms with Gasteiger partial charge in [-0.25, -0.2) is 0 Å². The maximum absolute atomic E-state index is 2.60. The molecule has 0 heterocycles. The molecule has 0 aliphatic rings. The topological polar surface area (TPSA) is 0 Å². The Kier molecular flexibility index (Phi) is 8.03. The Morgan fingerprint density at radius 3 is 0.661 bits per heavy atom.